The summed E-state index contributed by atoms with van der Waals surface area (Å²) in [5.74, 6) is 0.112. The van der Waals surface area contributed by atoms with Crippen molar-refractivity contribution in [2.24, 2.45) is 0 Å². The van der Waals surface area contributed by atoms with E-state index in [9.17, 15) is 4.79 Å². The Labute approximate surface area is 115 Å². The first-order valence-corrected chi connectivity index (χ1v) is 7.36. The highest BCUT2D eigenvalue weighted by Gasteiger charge is 2.25. The molecule has 0 aromatic carbocycles. The Kier molecular flexibility index (Phi) is 5.60. The zero-order chi connectivity index (χ0) is 13.7. The van der Waals surface area contributed by atoms with E-state index in [0.29, 0.717) is 6.10 Å². The van der Waals surface area contributed by atoms with Crippen LogP contribution in [0.4, 0.5) is 0 Å². The summed E-state index contributed by atoms with van der Waals surface area (Å²) in [4.78, 5) is 16.5. The predicted octanol–water partition coefficient (Wildman–Crippen LogP) is 0.735. The smallest absolute Gasteiger partial charge is 0.251 e. The number of hydrogen-bond donors (Lipinski definition) is 0. The van der Waals surface area contributed by atoms with Crippen molar-refractivity contribution >= 4 is 5.91 Å². The quantitative estimate of drug-likeness (QED) is 0.755. The summed E-state index contributed by atoms with van der Waals surface area (Å²) in [6, 6.07) is 0. The minimum absolute atomic E-state index is 0.112. The van der Waals surface area contributed by atoms with Gasteiger partial charge in [-0.3, -0.25) is 9.69 Å². The third-order valence-electron chi connectivity index (χ3n) is 4.09. The van der Waals surface area contributed by atoms with E-state index in [2.05, 4.69) is 4.90 Å². The van der Waals surface area contributed by atoms with E-state index in [1.54, 1.807) is 7.11 Å². The van der Waals surface area contributed by atoms with Crippen molar-refractivity contribution in [2.45, 2.75) is 38.4 Å². The minimum atomic E-state index is -0.329. The van der Waals surface area contributed by atoms with Gasteiger partial charge in [0.25, 0.3) is 5.91 Å². The topological polar surface area (TPSA) is 42.0 Å². The average Bonchev–Trinajstić information content (AvgIpc) is 2.82. The molecule has 0 saturated carbocycles. The van der Waals surface area contributed by atoms with Gasteiger partial charge in [-0.1, -0.05) is 0 Å². The molecule has 0 spiro atoms. The van der Waals surface area contributed by atoms with Crippen LogP contribution in [-0.2, 0) is 14.3 Å². The molecule has 2 aliphatic rings. The summed E-state index contributed by atoms with van der Waals surface area (Å²) >= 11 is 0. The lowest BCUT2D eigenvalue weighted by molar-refractivity contribution is -0.140. The third-order valence-corrected chi connectivity index (χ3v) is 4.09. The van der Waals surface area contributed by atoms with Gasteiger partial charge in [0.2, 0.25) is 0 Å². The maximum Gasteiger partial charge on any atom is 0.251 e. The largest absolute Gasteiger partial charge is 0.377 e. The molecular weight excluding hydrogens is 244 g/mol. The van der Waals surface area contributed by atoms with E-state index in [0.717, 1.165) is 45.8 Å². The Hall–Kier alpha value is -0.650. The first-order chi connectivity index (χ1) is 9.20. The summed E-state index contributed by atoms with van der Waals surface area (Å²) < 4.78 is 10.8. The van der Waals surface area contributed by atoms with Gasteiger partial charge in [0.05, 0.1) is 6.10 Å². The molecule has 2 fully saturated rings. The molecule has 0 aliphatic carbocycles. The van der Waals surface area contributed by atoms with E-state index < -0.39 is 0 Å². The van der Waals surface area contributed by atoms with E-state index in [1.807, 2.05) is 11.8 Å². The second-order valence-corrected chi connectivity index (χ2v) is 5.49. The lowest BCUT2D eigenvalue weighted by atomic mass is 10.2. The number of rotatable bonds is 4. The van der Waals surface area contributed by atoms with Crippen LogP contribution in [0.15, 0.2) is 0 Å². The monoisotopic (exact) mass is 270 g/mol. The highest BCUT2D eigenvalue weighted by Crippen LogP contribution is 2.15. The Bertz CT molecular complexity index is 292. The number of carbonyl (C=O) groups excluding carboxylic acids is 1. The number of carbonyl (C=O) groups is 1. The van der Waals surface area contributed by atoms with Gasteiger partial charge in [-0.2, -0.15) is 0 Å². The number of nitrogens with zero attached hydrogens (tertiary/aromatic N) is 2. The fourth-order valence-corrected chi connectivity index (χ4v) is 2.81. The molecular formula is C14H26N2O3. The van der Waals surface area contributed by atoms with Crippen molar-refractivity contribution < 1.29 is 14.3 Å². The Morgan fingerprint density at radius 3 is 2.84 bits per heavy atom. The minimum Gasteiger partial charge on any atom is -0.377 e. The second kappa shape index (κ2) is 7.22. The van der Waals surface area contributed by atoms with Gasteiger partial charge in [0, 0.05) is 39.9 Å². The first-order valence-electron chi connectivity index (χ1n) is 7.36. The predicted molar refractivity (Wildman–Crippen MR) is 73.1 cm³/mol. The molecule has 2 heterocycles. The van der Waals surface area contributed by atoms with Crippen LogP contribution in [0.1, 0.15) is 26.2 Å². The van der Waals surface area contributed by atoms with Crippen molar-refractivity contribution in [3.05, 3.63) is 0 Å². The van der Waals surface area contributed by atoms with Gasteiger partial charge in [-0.25, -0.2) is 0 Å². The number of ether oxygens (including phenoxy) is 2. The molecule has 0 radical (unpaired) electrons. The van der Waals surface area contributed by atoms with Crippen molar-refractivity contribution in [3.8, 4) is 0 Å². The van der Waals surface area contributed by atoms with E-state index in [1.165, 1.54) is 12.8 Å². The zero-order valence-corrected chi connectivity index (χ0v) is 12.1. The fraction of sp³-hybridized carbons (Fsp3) is 0.929. The fourth-order valence-electron chi connectivity index (χ4n) is 2.81. The second-order valence-electron chi connectivity index (χ2n) is 5.49. The number of amides is 1. The summed E-state index contributed by atoms with van der Waals surface area (Å²) in [7, 11) is 1.59. The van der Waals surface area contributed by atoms with Gasteiger partial charge in [0.15, 0.2) is 0 Å². The molecule has 2 atom stereocenters. The maximum absolute atomic E-state index is 12.1. The molecule has 2 saturated heterocycles. The van der Waals surface area contributed by atoms with Crippen LogP contribution in [0.25, 0.3) is 0 Å². The van der Waals surface area contributed by atoms with Crippen LogP contribution in [0.5, 0.6) is 0 Å². The zero-order valence-electron chi connectivity index (χ0n) is 12.1. The molecule has 5 nitrogen and oxygen atoms in total. The lowest BCUT2D eigenvalue weighted by Crippen LogP contribution is -2.41. The molecule has 19 heavy (non-hydrogen) atoms. The Morgan fingerprint density at radius 2 is 2.16 bits per heavy atom. The molecule has 110 valence electrons. The molecule has 0 aromatic rings. The maximum atomic E-state index is 12.1. The number of methoxy groups -OCH3 is 1. The molecule has 5 heteroatoms. The van der Waals surface area contributed by atoms with E-state index in [4.69, 9.17) is 9.47 Å². The summed E-state index contributed by atoms with van der Waals surface area (Å²) in [5.41, 5.74) is 0. The molecule has 1 amide bonds. The standard InChI is InChI=1S/C14H26N2O3/c1-12(18-2)14(17)16-7-4-6-15(8-9-16)11-13-5-3-10-19-13/h12-13H,3-11H2,1-2H3. The van der Waals surface area contributed by atoms with Gasteiger partial charge < -0.3 is 14.4 Å². The summed E-state index contributed by atoms with van der Waals surface area (Å²) in [6.45, 7) is 7.40. The van der Waals surface area contributed by atoms with Crippen LogP contribution in [-0.4, -0.2) is 74.4 Å². The van der Waals surface area contributed by atoms with Crippen LogP contribution in [0, 0.1) is 0 Å². The third kappa shape index (κ3) is 4.16. The molecule has 0 bridgehead atoms. The van der Waals surface area contributed by atoms with E-state index in [-0.39, 0.29) is 12.0 Å². The Balaban J connectivity index is 1.78. The first kappa shape index (κ1) is 14.8. The average molecular weight is 270 g/mol. The normalized spacial score (nSPS) is 27.3. The van der Waals surface area contributed by atoms with E-state index >= 15 is 0 Å². The van der Waals surface area contributed by atoms with Gasteiger partial charge >= 0.3 is 0 Å². The van der Waals surface area contributed by atoms with Crippen molar-refractivity contribution in [1.82, 2.24) is 9.80 Å². The van der Waals surface area contributed by atoms with Crippen molar-refractivity contribution in [2.75, 3.05) is 46.4 Å². The highest BCUT2D eigenvalue weighted by atomic mass is 16.5. The molecule has 2 aliphatic heterocycles. The SMILES string of the molecule is COC(C)C(=O)N1CCCN(CC2CCCO2)CC1. The van der Waals surface area contributed by atoms with Gasteiger partial charge in [-0.05, 0) is 32.7 Å². The molecule has 2 rings (SSSR count). The van der Waals surface area contributed by atoms with Crippen LogP contribution in [0.2, 0.25) is 0 Å². The molecule has 2 unspecified atom stereocenters. The summed E-state index contributed by atoms with van der Waals surface area (Å²) in [6.07, 6.45) is 3.48. The Morgan fingerprint density at radius 1 is 1.32 bits per heavy atom. The number of hydrogen-bond acceptors (Lipinski definition) is 4. The molecule has 0 aromatic heterocycles. The van der Waals surface area contributed by atoms with Crippen molar-refractivity contribution in [3.63, 3.8) is 0 Å². The van der Waals surface area contributed by atoms with Gasteiger partial charge in [-0.15, -0.1) is 0 Å². The van der Waals surface area contributed by atoms with Crippen LogP contribution >= 0.6 is 0 Å². The highest BCUT2D eigenvalue weighted by molar-refractivity contribution is 5.80. The molecule has 0 N–H and O–H groups in total. The van der Waals surface area contributed by atoms with Crippen molar-refractivity contribution in [1.29, 1.82) is 0 Å². The van der Waals surface area contributed by atoms with Crippen LogP contribution < -0.4 is 0 Å². The lowest BCUT2D eigenvalue weighted by Gasteiger charge is -2.25. The summed E-state index contributed by atoms with van der Waals surface area (Å²) in [5, 5.41) is 0. The van der Waals surface area contributed by atoms with Crippen LogP contribution in [0.3, 0.4) is 0 Å². The van der Waals surface area contributed by atoms with Gasteiger partial charge in [0.1, 0.15) is 6.10 Å².